The van der Waals surface area contributed by atoms with Gasteiger partial charge in [-0.25, -0.2) is 9.97 Å². The predicted molar refractivity (Wildman–Crippen MR) is 47.6 cm³/mol. The van der Waals surface area contributed by atoms with Crippen molar-refractivity contribution in [3.05, 3.63) is 30.4 Å². The molecule has 1 heterocycles. The van der Waals surface area contributed by atoms with Crippen molar-refractivity contribution in [2.75, 3.05) is 0 Å². The molecule has 0 bridgehead atoms. The first-order valence-electron chi connectivity index (χ1n) is 3.79. The van der Waals surface area contributed by atoms with Crippen LogP contribution in [-0.2, 0) is 16.1 Å². The molecule has 4 heteroatoms. The number of esters is 1. The maximum atomic E-state index is 10.4. The second kappa shape index (κ2) is 4.35. The molecule has 0 unspecified atom stereocenters. The van der Waals surface area contributed by atoms with Gasteiger partial charge in [-0.1, -0.05) is 12.7 Å². The Kier molecular flexibility index (Phi) is 3.14. The Hall–Kier alpha value is -1.71. The van der Waals surface area contributed by atoms with Crippen LogP contribution in [0.5, 0.6) is 0 Å². The molecule has 0 aliphatic rings. The lowest BCUT2D eigenvalue weighted by Crippen LogP contribution is -2.02. The number of carbonyl (C=O) groups excluding carboxylic acids is 1. The van der Waals surface area contributed by atoms with Crippen LogP contribution < -0.4 is 0 Å². The second-order valence-electron chi connectivity index (χ2n) is 2.42. The fourth-order valence-corrected chi connectivity index (χ4v) is 0.711. The zero-order valence-corrected chi connectivity index (χ0v) is 7.36. The monoisotopic (exact) mass is 178 g/mol. The number of hydrogen-bond acceptors (Lipinski definition) is 4. The third-order valence-corrected chi connectivity index (χ3v) is 1.37. The van der Waals surface area contributed by atoms with Crippen molar-refractivity contribution in [3.63, 3.8) is 0 Å². The summed E-state index contributed by atoms with van der Waals surface area (Å²) in [5.74, 6) is 0.150. The molecule has 1 rings (SSSR count). The SMILES string of the molecule is C=Cc1cnc(COC(C)=O)nc1. The van der Waals surface area contributed by atoms with Crippen LogP contribution in [0.1, 0.15) is 18.3 Å². The standard InChI is InChI=1S/C9H10N2O2/c1-3-8-4-10-9(11-5-8)6-13-7(2)12/h3-5H,1,6H2,2H3. The van der Waals surface area contributed by atoms with Crippen molar-refractivity contribution < 1.29 is 9.53 Å². The topological polar surface area (TPSA) is 52.1 Å². The molecule has 4 nitrogen and oxygen atoms in total. The summed E-state index contributed by atoms with van der Waals surface area (Å²) in [7, 11) is 0. The molecule has 0 N–H and O–H groups in total. The van der Waals surface area contributed by atoms with E-state index in [0.717, 1.165) is 5.56 Å². The van der Waals surface area contributed by atoms with Crippen LogP contribution in [0.2, 0.25) is 0 Å². The normalized spacial score (nSPS) is 9.31. The molecule has 0 radical (unpaired) electrons. The molecule has 0 spiro atoms. The molecular weight excluding hydrogens is 168 g/mol. The minimum absolute atomic E-state index is 0.118. The van der Waals surface area contributed by atoms with Gasteiger partial charge in [-0.2, -0.15) is 0 Å². The summed E-state index contributed by atoms with van der Waals surface area (Å²) in [6.45, 7) is 5.03. The minimum Gasteiger partial charge on any atom is -0.458 e. The lowest BCUT2D eigenvalue weighted by molar-refractivity contribution is -0.142. The summed E-state index contributed by atoms with van der Waals surface area (Å²) in [6, 6.07) is 0. The molecule has 1 aromatic heterocycles. The lowest BCUT2D eigenvalue weighted by atomic mass is 10.3. The summed E-state index contributed by atoms with van der Waals surface area (Å²) in [5, 5.41) is 0. The van der Waals surface area contributed by atoms with Crippen molar-refractivity contribution in [1.82, 2.24) is 9.97 Å². The summed E-state index contributed by atoms with van der Waals surface area (Å²) in [5.41, 5.74) is 0.839. The average molecular weight is 178 g/mol. The van der Waals surface area contributed by atoms with E-state index in [1.165, 1.54) is 6.92 Å². The molecule has 0 atom stereocenters. The molecule has 0 amide bonds. The molecule has 68 valence electrons. The highest BCUT2D eigenvalue weighted by Crippen LogP contribution is 1.98. The third kappa shape index (κ3) is 3.02. The minimum atomic E-state index is -0.337. The zero-order chi connectivity index (χ0) is 9.68. The molecule has 0 aliphatic heterocycles. The van der Waals surface area contributed by atoms with Gasteiger partial charge in [0.05, 0.1) is 0 Å². The van der Waals surface area contributed by atoms with E-state index in [1.54, 1.807) is 18.5 Å². The van der Waals surface area contributed by atoms with Gasteiger partial charge in [0.25, 0.3) is 0 Å². The average Bonchev–Trinajstić information content (AvgIpc) is 2.15. The van der Waals surface area contributed by atoms with Crippen LogP contribution in [0.15, 0.2) is 19.0 Å². The van der Waals surface area contributed by atoms with Crippen LogP contribution in [0.3, 0.4) is 0 Å². The summed E-state index contributed by atoms with van der Waals surface area (Å²) in [6.07, 6.45) is 4.90. The molecule has 13 heavy (non-hydrogen) atoms. The zero-order valence-electron chi connectivity index (χ0n) is 7.36. The number of rotatable bonds is 3. The molecule has 0 aliphatic carbocycles. The van der Waals surface area contributed by atoms with Crippen LogP contribution in [-0.4, -0.2) is 15.9 Å². The van der Waals surface area contributed by atoms with Crippen LogP contribution in [0, 0.1) is 0 Å². The predicted octanol–water partition coefficient (Wildman–Crippen LogP) is 1.18. The Morgan fingerprint density at radius 2 is 2.23 bits per heavy atom. The molecular formula is C9H10N2O2. The van der Waals surface area contributed by atoms with E-state index in [1.807, 2.05) is 0 Å². The third-order valence-electron chi connectivity index (χ3n) is 1.37. The van der Waals surface area contributed by atoms with Crippen molar-refractivity contribution in [1.29, 1.82) is 0 Å². The number of aromatic nitrogens is 2. The highest BCUT2D eigenvalue weighted by atomic mass is 16.5. The fourth-order valence-electron chi connectivity index (χ4n) is 0.711. The van der Waals surface area contributed by atoms with E-state index in [9.17, 15) is 4.79 Å². The van der Waals surface area contributed by atoms with E-state index >= 15 is 0 Å². The summed E-state index contributed by atoms with van der Waals surface area (Å²) >= 11 is 0. The van der Waals surface area contributed by atoms with Crippen molar-refractivity contribution in [2.45, 2.75) is 13.5 Å². The van der Waals surface area contributed by atoms with Crippen molar-refractivity contribution in [2.24, 2.45) is 0 Å². The van der Waals surface area contributed by atoms with E-state index in [4.69, 9.17) is 4.74 Å². The van der Waals surface area contributed by atoms with Gasteiger partial charge < -0.3 is 4.74 Å². The Morgan fingerprint density at radius 1 is 1.62 bits per heavy atom. The van der Waals surface area contributed by atoms with E-state index in [2.05, 4.69) is 16.5 Å². The highest BCUT2D eigenvalue weighted by Gasteiger charge is 1.98. The van der Waals surface area contributed by atoms with Gasteiger partial charge >= 0.3 is 5.97 Å². The van der Waals surface area contributed by atoms with Gasteiger partial charge in [0.1, 0.15) is 0 Å². The number of hydrogen-bond donors (Lipinski definition) is 0. The van der Waals surface area contributed by atoms with Crippen LogP contribution >= 0.6 is 0 Å². The largest absolute Gasteiger partial charge is 0.458 e. The lowest BCUT2D eigenvalue weighted by Gasteiger charge is -1.99. The Bertz CT molecular complexity index is 306. The number of nitrogens with zero attached hydrogens (tertiary/aromatic N) is 2. The fraction of sp³-hybridized carbons (Fsp3) is 0.222. The van der Waals surface area contributed by atoms with Gasteiger partial charge in [-0.05, 0) is 0 Å². The van der Waals surface area contributed by atoms with Gasteiger partial charge in [-0.15, -0.1) is 0 Å². The second-order valence-corrected chi connectivity index (χ2v) is 2.42. The summed E-state index contributed by atoms with van der Waals surface area (Å²) < 4.78 is 4.71. The first-order valence-corrected chi connectivity index (χ1v) is 3.79. The maximum Gasteiger partial charge on any atom is 0.303 e. The number of carbonyl (C=O) groups is 1. The first-order chi connectivity index (χ1) is 6.22. The van der Waals surface area contributed by atoms with Gasteiger partial charge in [-0.3, -0.25) is 4.79 Å². The maximum absolute atomic E-state index is 10.4. The molecule has 0 fully saturated rings. The molecule has 0 aromatic carbocycles. The van der Waals surface area contributed by atoms with Crippen molar-refractivity contribution >= 4 is 12.0 Å². The Balaban J connectivity index is 2.59. The van der Waals surface area contributed by atoms with Crippen LogP contribution in [0.4, 0.5) is 0 Å². The highest BCUT2D eigenvalue weighted by molar-refractivity contribution is 5.65. The van der Waals surface area contributed by atoms with E-state index < -0.39 is 0 Å². The molecule has 0 saturated heterocycles. The number of ether oxygens (including phenoxy) is 1. The van der Waals surface area contributed by atoms with Crippen molar-refractivity contribution in [3.8, 4) is 0 Å². The first kappa shape index (κ1) is 9.38. The van der Waals surface area contributed by atoms with Gasteiger partial charge in [0.15, 0.2) is 12.4 Å². The Labute approximate surface area is 76.3 Å². The van der Waals surface area contributed by atoms with Gasteiger partial charge in [0, 0.05) is 24.9 Å². The van der Waals surface area contributed by atoms with Crippen LogP contribution in [0.25, 0.3) is 6.08 Å². The van der Waals surface area contributed by atoms with Gasteiger partial charge in [0.2, 0.25) is 0 Å². The quantitative estimate of drug-likeness (QED) is 0.652. The summed E-state index contributed by atoms with van der Waals surface area (Å²) in [4.78, 5) is 18.4. The molecule has 0 saturated carbocycles. The smallest absolute Gasteiger partial charge is 0.303 e. The van der Waals surface area contributed by atoms with E-state index in [-0.39, 0.29) is 12.6 Å². The van der Waals surface area contributed by atoms with E-state index in [0.29, 0.717) is 5.82 Å². The molecule has 1 aromatic rings. The Morgan fingerprint density at radius 3 is 2.69 bits per heavy atom.